The molecule has 0 atom stereocenters. The van der Waals surface area contributed by atoms with E-state index in [4.69, 9.17) is 0 Å². The van der Waals surface area contributed by atoms with Crippen LogP contribution in [0.5, 0.6) is 0 Å². The lowest BCUT2D eigenvalue weighted by Gasteiger charge is -2.11. The van der Waals surface area contributed by atoms with Crippen LogP contribution in [0, 0.1) is 6.92 Å². The number of benzene rings is 2. The quantitative estimate of drug-likeness (QED) is 0.699. The Labute approximate surface area is 148 Å². The second kappa shape index (κ2) is 7.38. The summed E-state index contributed by atoms with van der Waals surface area (Å²) in [6.07, 6.45) is -3.05. The first-order chi connectivity index (χ1) is 12.4. The summed E-state index contributed by atoms with van der Waals surface area (Å²) < 4.78 is 38.4. The molecular weight excluding hydrogens is 343 g/mol. The SMILES string of the molecule is Cc1ccccc1CNc1nncc(Nc2cccc(C(F)(F)F)c2)n1. The molecular formula is C18H16F3N5. The number of anilines is 3. The summed E-state index contributed by atoms with van der Waals surface area (Å²) in [5.74, 6) is 0.580. The number of hydrogen-bond acceptors (Lipinski definition) is 5. The highest BCUT2D eigenvalue weighted by Gasteiger charge is 2.30. The third-order valence-corrected chi connectivity index (χ3v) is 3.72. The number of aromatic nitrogens is 3. The van der Waals surface area contributed by atoms with E-state index in [1.54, 1.807) is 0 Å². The van der Waals surface area contributed by atoms with E-state index in [2.05, 4.69) is 25.8 Å². The molecule has 3 aromatic rings. The van der Waals surface area contributed by atoms with Crippen molar-refractivity contribution in [2.45, 2.75) is 19.6 Å². The van der Waals surface area contributed by atoms with E-state index in [1.165, 1.54) is 18.3 Å². The molecule has 1 heterocycles. The summed E-state index contributed by atoms with van der Waals surface area (Å²) in [6, 6.07) is 12.8. The Balaban J connectivity index is 1.71. The largest absolute Gasteiger partial charge is 0.416 e. The third kappa shape index (κ3) is 4.47. The van der Waals surface area contributed by atoms with Gasteiger partial charge in [0.05, 0.1) is 11.8 Å². The minimum atomic E-state index is -4.40. The van der Waals surface area contributed by atoms with Gasteiger partial charge in [-0.05, 0) is 36.2 Å². The van der Waals surface area contributed by atoms with E-state index < -0.39 is 11.7 Å². The number of nitrogens with zero attached hydrogens (tertiary/aromatic N) is 3. The standard InChI is InChI=1S/C18H16F3N5/c1-12-5-2-3-6-13(12)10-22-17-25-16(11-23-26-17)24-15-8-4-7-14(9-15)18(19,20)21/h2-9,11H,10H2,1H3,(H2,22,24,25,26). The normalized spacial score (nSPS) is 11.2. The summed E-state index contributed by atoms with van der Waals surface area (Å²) in [5.41, 5.74) is 1.76. The molecule has 2 aromatic carbocycles. The van der Waals surface area contributed by atoms with Crippen LogP contribution in [0.2, 0.25) is 0 Å². The molecule has 0 radical (unpaired) electrons. The Hall–Kier alpha value is -3.16. The predicted molar refractivity (Wildman–Crippen MR) is 93.1 cm³/mol. The molecule has 0 aliphatic rings. The fraction of sp³-hybridized carbons (Fsp3) is 0.167. The predicted octanol–water partition coefficient (Wildman–Crippen LogP) is 4.55. The van der Waals surface area contributed by atoms with Crippen molar-refractivity contribution < 1.29 is 13.2 Å². The van der Waals surface area contributed by atoms with Gasteiger partial charge in [0.25, 0.3) is 0 Å². The topological polar surface area (TPSA) is 62.7 Å². The molecule has 0 aliphatic carbocycles. The van der Waals surface area contributed by atoms with Crippen molar-refractivity contribution in [2.75, 3.05) is 10.6 Å². The smallest absolute Gasteiger partial charge is 0.349 e. The van der Waals surface area contributed by atoms with Gasteiger partial charge in [-0.25, -0.2) is 0 Å². The number of aryl methyl sites for hydroxylation is 1. The molecule has 2 N–H and O–H groups in total. The van der Waals surface area contributed by atoms with Gasteiger partial charge in [0.2, 0.25) is 5.95 Å². The van der Waals surface area contributed by atoms with Crippen molar-refractivity contribution in [3.63, 3.8) is 0 Å². The van der Waals surface area contributed by atoms with Crippen molar-refractivity contribution >= 4 is 17.5 Å². The van der Waals surface area contributed by atoms with Gasteiger partial charge < -0.3 is 10.6 Å². The van der Waals surface area contributed by atoms with Crippen molar-refractivity contribution in [1.82, 2.24) is 15.2 Å². The first-order valence-corrected chi connectivity index (χ1v) is 7.84. The molecule has 0 amide bonds. The molecule has 0 spiro atoms. The van der Waals surface area contributed by atoms with Crippen molar-refractivity contribution in [1.29, 1.82) is 0 Å². The molecule has 0 fully saturated rings. The molecule has 1 aromatic heterocycles. The minimum Gasteiger partial charge on any atom is -0.349 e. The van der Waals surface area contributed by atoms with Gasteiger partial charge in [-0.2, -0.15) is 23.3 Å². The van der Waals surface area contributed by atoms with Gasteiger partial charge in [0.15, 0.2) is 5.82 Å². The Morgan fingerprint density at radius 3 is 2.62 bits per heavy atom. The van der Waals surface area contributed by atoms with Gasteiger partial charge in [0.1, 0.15) is 0 Å². The maximum atomic E-state index is 12.8. The molecule has 0 aliphatic heterocycles. The van der Waals surface area contributed by atoms with E-state index in [1.807, 2.05) is 31.2 Å². The summed E-state index contributed by atoms with van der Waals surface area (Å²) in [6.45, 7) is 2.52. The number of alkyl halides is 3. The molecule has 0 bridgehead atoms. The molecule has 5 nitrogen and oxygen atoms in total. The Kier molecular flexibility index (Phi) is 5.01. The monoisotopic (exact) mass is 359 g/mol. The van der Waals surface area contributed by atoms with Crippen LogP contribution >= 0.6 is 0 Å². The fourth-order valence-electron chi connectivity index (χ4n) is 2.34. The first kappa shape index (κ1) is 17.7. The van der Waals surface area contributed by atoms with Crippen molar-refractivity contribution in [3.8, 4) is 0 Å². The molecule has 0 saturated carbocycles. The highest BCUT2D eigenvalue weighted by molar-refractivity contribution is 5.57. The maximum absolute atomic E-state index is 12.8. The fourth-order valence-corrected chi connectivity index (χ4v) is 2.34. The number of rotatable bonds is 5. The summed E-state index contributed by atoms with van der Waals surface area (Å²) >= 11 is 0. The van der Waals surface area contributed by atoms with Crippen molar-refractivity contribution in [3.05, 3.63) is 71.4 Å². The van der Waals surface area contributed by atoms with E-state index in [9.17, 15) is 13.2 Å². The summed E-state index contributed by atoms with van der Waals surface area (Å²) in [4.78, 5) is 4.23. The van der Waals surface area contributed by atoms with Gasteiger partial charge in [-0.3, -0.25) is 0 Å². The molecule has 134 valence electrons. The number of hydrogen-bond donors (Lipinski definition) is 2. The zero-order valence-corrected chi connectivity index (χ0v) is 13.9. The van der Waals surface area contributed by atoms with Crippen LogP contribution in [0.1, 0.15) is 16.7 Å². The lowest BCUT2D eigenvalue weighted by Crippen LogP contribution is -2.08. The minimum absolute atomic E-state index is 0.269. The van der Waals surface area contributed by atoms with Crippen LogP contribution in [0.15, 0.2) is 54.7 Å². The second-order valence-corrected chi connectivity index (χ2v) is 5.65. The second-order valence-electron chi connectivity index (χ2n) is 5.65. The van der Waals surface area contributed by atoms with Gasteiger partial charge in [-0.15, -0.1) is 5.10 Å². The van der Waals surface area contributed by atoms with Crippen LogP contribution in [0.3, 0.4) is 0 Å². The average Bonchev–Trinajstić information content (AvgIpc) is 2.61. The third-order valence-electron chi connectivity index (χ3n) is 3.72. The van der Waals surface area contributed by atoms with Crippen LogP contribution in [0.4, 0.5) is 30.6 Å². The number of halogens is 3. The van der Waals surface area contributed by atoms with Crippen molar-refractivity contribution in [2.24, 2.45) is 0 Å². The van der Waals surface area contributed by atoms with Gasteiger partial charge in [-0.1, -0.05) is 30.3 Å². The lowest BCUT2D eigenvalue weighted by molar-refractivity contribution is -0.137. The maximum Gasteiger partial charge on any atom is 0.416 e. The van der Waals surface area contributed by atoms with Gasteiger partial charge in [0, 0.05) is 12.2 Å². The molecule has 26 heavy (non-hydrogen) atoms. The van der Waals surface area contributed by atoms with E-state index >= 15 is 0 Å². The highest BCUT2D eigenvalue weighted by Crippen LogP contribution is 2.31. The lowest BCUT2D eigenvalue weighted by atomic mass is 10.1. The number of nitrogens with one attached hydrogen (secondary N) is 2. The highest BCUT2D eigenvalue weighted by atomic mass is 19.4. The Bertz CT molecular complexity index is 896. The first-order valence-electron chi connectivity index (χ1n) is 7.84. The van der Waals surface area contributed by atoms with Crippen LogP contribution < -0.4 is 10.6 Å². The van der Waals surface area contributed by atoms with Crippen LogP contribution in [-0.2, 0) is 12.7 Å². The zero-order chi connectivity index (χ0) is 18.6. The molecule has 0 saturated heterocycles. The van der Waals surface area contributed by atoms with Gasteiger partial charge >= 0.3 is 6.18 Å². The molecule has 8 heteroatoms. The van der Waals surface area contributed by atoms with E-state index in [0.717, 1.165) is 23.3 Å². The van der Waals surface area contributed by atoms with Crippen LogP contribution in [-0.4, -0.2) is 15.2 Å². The Morgan fingerprint density at radius 1 is 1.04 bits per heavy atom. The van der Waals surface area contributed by atoms with E-state index in [-0.39, 0.29) is 11.6 Å². The zero-order valence-electron chi connectivity index (χ0n) is 13.9. The van der Waals surface area contributed by atoms with Crippen LogP contribution in [0.25, 0.3) is 0 Å². The molecule has 3 rings (SSSR count). The summed E-state index contributed by atoms with van der Waals surface area (Å²) in [7, 11) is 0. The Morgan fingerprint density at radius 2 is 1.85 bits per heavy atom. The summed E-state index contributed by atoms with van der Waals surface area (Å²) in [5, 5.41) is 13.6. The van der Waals surface area contributed by atoms with E-state index in [0.29, 0.717) is 12.4 Å². The molecule has 0 unspecified atom stereocenters. The average molecular weight is 359 g/mol.